The van der Waals surface area contributed by atoms with E-state index in [0.717, 1.165) is 5.56 Å². The fourth-order valence-corrected chi connectivity index (χ4v) is 1.45. The molecule has 1 aromatic rings. The van der Waals surface area contributed by atoms with E-state index < -0.39 is 18.1 Å². The Morgan fingerprint density at radius 1 is 1.42 bits per heavy atom. The number of hydrogen-bond donors (Lipinski definition) is 2. The molecule has 102 valence electrons. The standard InChI is InChI=1S/C14H17NO4/c1-3-10(2)12(13(16)17)15-14(18)19-9-11-7-5-4-6-8-11/h3-8,10,12H,1,9H2,2H3,(H,15,18)(H,16,17)/t10-,12-/m0/s1. The van der Waals surface area contributed by atoms with Crippen molar-refractivity contribution in [3.63, 3.8) is 0 Å². The Balaban J connectivity index is 2.49. The molecule has 0 saturated heterocycles. The van der Waals surface area contributed by atoms with Gasteiger partial charge in [0.1, 0.15) is 12.6 Å². The van der Waals surface area contributed by atoms with Crippen LogP contribution >= 0.6 is 0 Å². The summed E-state index contributed by atoms with van der Waals surface area (Å²) in [5.41, 5.74) is 0.835. The molecule has 0 aromatic heterocycles. The van der Waals surface area contributed by atoms with E-state index in [-0.39, 0.29) is 12.5 Å². The third-order valence-corrected chi connectivity index (χ3v) is 2.65. The van der Waals surface area contributed by atoms with Gasteiger partial charge < -0.3 is 15.2 Å². The average Bonchev–Trinajstić information content (AvgIpc) is 2.42. The summed E-state index contributed by atoms with van der Waals surface area (Å²) in [6, 6.07) is 8.10. The summed E-state index contributed by atoms with van der Waals surface area (Å²) in [6.07, 6.45) is 0.709. The van der Waals surface area contributed by atoms with Crippen LogP contribution in [0.2, 0.25) is 0 Å². The third kappa shape index (κ3) is 4.83. The van der Waals surface area contributed by atoms with Crippen LogP contribution < -0.4 is 5.32 Å². The molecule has 0 heterocycles. The van der Waals surface area contributed by atoms with Crippen molar-refractivity contribution >= 4 is 12.1 Å². The molecule has 0 aliphatic heterocycles. The first-order valence-electron chi connectivity index (χ1n) is 5.87. The highest BCUT2D eigenvalue weighted by Crippen LogP contribution is 2.06. The number of carbonyl (C=O) groups excluding carboxylic acids is 1. The van der Waals surface area contributed by atoms with Gasteiger partial charge in [-0.3, -0.25) is 0 Å². The van der Waals surface area contributed by atoms with Crippen molar-refractivity contribution < 1.29 is 19.4 Å². The molecule has 0 aliphatic carbocycles. The number of carboxylic acids is 1. The number of nitrogens with one attached hydrogen (secondary N) is 1. The van der Waals surface area contributed by atoms with Gasteiger partial charge in [-0.15, -0.1) is 6.58 Å². The number of rotatable bonds is 6. The van der Waals surface area contributed by atoms with Crippen LogP contribution in [0.4, 0.5) is 4.79 Å². The lowest BCUT2D eigenvalue weighted by Crippen LogP contribution is -2.44. The predicted molar refractivity (Wildman–Crippen MR) is 70.5 cm³/mol. The minimum atomic E-state index is -1.12. The zero-order valence-corrected chi connectivity index (χ0v) is 10.7. The highest BCUT2D eigenvalue weighted by molar-refractivity contribution is 5.80. The second kappa shape index (κ2) is 7.20. The molecule has 0 bridgehead atoms. The molecule has 2 atom stereocenters. The maximum absolute atomic E-state index is 11.5. The summed E-state index contributed by atoms with van der Waals surface area (Å²) in [4.78, 5) is 22.5. The van der Waals surface area contributed by atoms with E-state index in [1.165, 1.54) is 6.08 Å². The molecule has 0 radical (unpaired) electrons. The largest absolute Gasteiger partial charge is 0.480 e. The number of amides is 1. The van der Waals surface area contributed by atoms with E-state index >= 15 is 0 Å². The van der Waals surface area contributed by atoms with Gasteiger partial charge in [-0.2, -0.15) is 0 Å². The molecule has 0 spiro atoms. The van der Waals surface area contributed by atoms with Gasteiger partial charge in [0.15, 0.2) is 0 Å². The zero-order chi connectivity index (χ0) is 14.3. The number of aliphatic carboxylic acids is 1. The van der Waals surface area contributed by atoms with Crippen molar-refractivity contribution in [2.45, 2.75) is 19.6 Å². The van der Waals surface area contributed by atoms with Crippen molar-refractivity contribution in [1.82, 2.24) is 5.32 Å². The minimum Gasteiger partial charge on any atom is -0.480 e. The van der Waals surface area contributed by atoms with E-state index in [4.69, 9.17) is 9.84 Å². The van der Waals surface area contributed by atoms with Gasteiger partial charge in [-0.25, -0.2) is 9.59 Å². The highest BCUT2D eigenvalue weighted by atomic mass is 16.5. The molecular weight excluding hydrogens is 246 g/mol. The zero-order valence-electron chi connectivity index (χ0n) is 10.7. The molecular formula is C14H17NO4. The van der Waals surface area contributed by atoms with Gasteiger partial charge in [-0.1, -0.05) is 43.3 Å². The minimum absolute atomic E-state index is 0.0987. The van der Waals surface area contributed by atoms with Crippen molar-refractivity contribution in [2.24, 2.45) is 5.92 Å². The monoisotopic (exact) mass is 263 g/mol. The molecule has 1 rings (SSSR count). The summed E-state index contributed by atoms with van der Waals surface area (Å²) in [5.74, 6) is -1.51. The van der Waals surface area contributed by atoms with Crippen molar-refractivity contribution in [1.29, 1.82) is 0 Å². The summed E-state index contributed by atoms with van der Waals surface area (Å²) < 4.78 is 4.96. The van der Waals surface area contributed by atoms with E-state index in [1.54, 1.807) is 6.92 Å². The van der Waals surface area contributed by atoms with Crippen LogP contribution in [-0.2, 0) is 16.1 Å². The maximum atomic E-state index is 11.5. The molecule has 1 amide bonds. The van der Waals surface area contributed by atoms with Crippen LogP contribution in [0.5, 0.6) is 0 Å². The first-order chi connectivity index (χ1) is 9.04. The molecule has 0 unspecified atom stereocenters. The van der Waals surface area contributed by atoms with Crippen LogP contribution in [0.25, 0.3) is 0 Å². The van der Waals surface area contributed by atoms with Crippen molar-refractivity contribution in [2.75, 3.05) is 0 Å². The fraction of sp³-hybridized carbons (Fsp3) is 0.286. The third-order valence-electron chi connectivity index (χ3n) is 2.65. The van der Waals surface area contributed by atoms with Gasteiger partial charge in [0, 0.05) is 5.92 Å². The van der Waals surface area contributed by atoms with Crippen LogP contribution in [-0.4, -0.2) is 23.2 Å². The van der Waals surface area contributed by atoms with Gasteiger partial charge >= 0.3 is 12.1 Å². The molecule has 5 heteroatoms. The van der Waals surface area contributed by atoms with E-state index in [9.17, 15) is 9.59 Å². The molecule has 5 nitrogen and oxygen atoms in total. The Kier molecular flexibility index (Phi) is 5.60. The smallest absolute Gasteiger partial charge is 0.408 e. The maximum Gasteiger partial charge on any atom is 0.408 e. The lowest BCUT2D eigenvalue weighted by Gasteiger charge is -2.18. The Bertz CT molecular complexity index is 444. The highest BCUT2D eigenvalue weighted by Gasteiger charge is 2.25. The van der Waals surface area contributed by atoms with Crippen LogP contribution in [0.3, 0.4) is 0 Å². The van der Waals surface area contributed by atoms with Gasteiger partial charge in [0.05, 0.1) is 0 Å². The summed E-state index contributed by atoms with van der Waals surface area (Å²) in [7, 11) is 0. The lowest BCUT2D eigenvalue weighted by atomic mass is 10.0. The molecule has 0 aliphatic rings. The first-order valence-corrected chi connectivity index (χ1v) is 5.87. The summed E-state index contributed by atoms with van der Waals surface area (Å²) >= 11 is 0. The van der Waals surface area contributed by atoms with E-state index in [0.29, 0.717) is 0 Å². The molecule has 0 fully saturated rings. The summed E-state index contributed by atoms with van der Waals surface area (Å²) in [5, 5.41) is 11.3. The van der Waals surface area contributed by atoms with Crippen LogP contribution in [0.1, 0.15) is 12.5 Å². The Morgan fingerprint density at radius 2 is 2.05 bits per heavy atom. The Labute approximate surface area is 111 Å². The number of hydrogen-bond acceptors (Lipinski definition) is 3. The van der Waals surface area contributed by atoms with E-state index in [1.807, 2.05) is 30.3 Å². The molecule has 19 heavy (non-hydrogen) atoms. The van der Waals surface area contributed by atoms with Gasteiger partial charge in [0.25, 0.3) is 0 Å². The Hall–Kier alpha value is -2.30. The van der Waals surface area contributed by atoms with Gasteiger partial charge in [0.2, 0.25) is 0 Å². The number of carboxylic acid groups (broad SMARTS) is 1. The van der Waals surface area contributed by atoms with Crippen molar-refractivity contribution in [3.8, 4) is 0 Å². The number of benzene rings is 1. The molecule has 0 saturated carbocycles. The van der Waals surface area contributed by atoms with Crippen LogP contribution in [0.15, 0.2) is 43.0 Å². The fourth-order valence-electron chi connectivity index (χ4n) is 1.45. The lowest BCUT2D eigenvalue weighted by molar-refractivity contribution is -0.140. The number of ether oxygens (including phenoxy) is 1. The topological polar surface area (TPSA) is 75.6 Å². The number of carbonyl (C=O) groups is 2. The van der Waals surface area contributed by atoms with Crippen LogP contribution in [0, 0.1) is 5.92 Å². The Morgan fingerprint density at radius 3 is 2.58 bits per heavy atom. The quantitative estimate of drug-likeness (QED) is 0.771. The second-order valence-corrected chi connectivity index (χ2v) is 4.12. The van der Waals surface area contributed by atoms with Crippen molar-refractivity contribution in [3.05, 3.63) is 48.6 Å². The average molecular weight is 263 g/mol. The normalized spacial score (nSPS) is 13.1. The predicted octanol–water partition coefficient (Wildman–Crippen LogP) is 2.19. The van der Waals surface area contributed by atoms with E-state index in [2.05, 4.69) is 11.9 Å². The second-order valence-electron chi connectivity index (χ2n) is 4.12. The summed E-state index contributed by atoms with van der Waals surface area (Å²) in [6.45, 7) is 5.26. The first kappa shape index (κ1) is 14.8. The number of alkyl carbamates (subject to hydrolysis) is 1. The SMILES string of the molecule is C=C[C@H](C)[C@H](NC(=O)OCc1ccccc1)C(=O)O. The molecule has 1 aromatic carbocycles. The van der Waals surface area contributed by atoms with Gasteiger partial charge in [-0.05, 0) is 5.56 Å². The molecule has 2 N–H and O–H groups in total.